The first-order valence-electron chi connectivity index (χ1n) is 4.58. The number of ether oxygens (including phenoxy) is 1. The Bertz CT molecular complexity index is 137. The fraction of sp³-hybridized carbons (Fsp3) is 0.889. The van der Waals surface area contributed by atoms with Gasteiger partial charge in [0, 0.05) is 19.6 Å². The maximum atomic E-state index is 10.3. The lowest BCUT2D eigenvalue weighted by Gasteiger charge is -2.10. The van der Waals surface area contributed by atoms with Crippen LogP contribution >= 0.6 is 0 Å². The predicted octanol–water partition coefficient (Wildman–Crippen LogP) is 1.67. The summed E-state index contributed by atoms with van der Waals surface area (Å²) in [4.78, 5) is 10.3. The summed E-state index contributed by atoms with van der Waals surface area (Å²) >= 11 is 0. The zero-order chi connectivity index (χ0) is 8.81. The van der Waals surface area contributed by atoms with E-state index in [-0.39, 0.29) is 0 Å². The maximum absolute atomic E-state index is 10.3. The van der Waals surface area contributed by atoms with Crippen LogP contribution in [0.5, 0.6) is 0 Å². The topological polar surface area (TPSA) is 46.5 Å². The van der Waals surface area contributed by atoms with Gasteiger partial charge in [0.2, 0.25) is 0 Å². The highest BCUT2D eigenvalue weighted by Gasteiger charge is 2.13. The van der Waals surface area contributed by atoms with Crippen LogP contribution in [0.15, 0.2) is 0 Å². The number of carbonyl (C=O) groups is 1. The van der Waals surface area contributed by atoms with Gasteiger partial charge in [-0.05, 0) is 31.6 Å². The predicted molar refractivity (Wildman–Crippen MR) is 45.0 cm³/mol. The van der Waals surface area contributed by atoms with E-state index in [1.807, 2.05) is 0 Å². The molecule has 1 saturated heterocycles. The molecule has 0 amide bonds. The lowest BCUT2D eigenvalue weighted by molar-refractivity contribution is -0.137. The fourth-order valence-corrected chi connectivity index (χ4v) is 1.59. The smallest absolute Gasteiger partial charge is 0.303 e. The van der Waals surface area contributed by atoms with Crippen LogP contribution in [0.4, 0.5) is 0 Å². The molecule has 3 heteroatoms. The molecule has 1 aliphatic rings. The molecule has 0 radical (unpaired) electrons. The van der Waals surface area contributed by atoms with Crippen LogP contribution < -0.4 is 0 Å². The van der Waals surface area contributed by atoms with E-state index in [0.717, 1.165) is 38.9 Å². The molecule has 12 heavy (non-hydrogen) atoms. The van der Waals surface area contributed by atoms with Crippen LogP contribution in [-0.2, 0) is 9.53 Å². The molecule has 1 unspecified atom stereocenters. The molecule has 0 aromatic rings. The largest absolute Gasteiger partial charge is 0.481 e. The minimum Gasteiger partial charge on any atom is -0.481 e. The highest BCUT2D eigenvalue weighted by molar-refractivity contribution is 5.66. The zero-order valence-corrected chi connectivity index (χ0v) is 7.29. The molecule has 0 aromatic carbocycles. The zero-order valence-electron chi connectivity index (χ0n) is 7.29. The summed E-state index contributed by atoms with van der Waals surface area (Å²) in [5, 5.41) is 8.48. The first kappa shape index (κ1) is 9.52. The van der Waals surface area contributed by atoms with Crippen molar-refractivity contribution in [2.24, 2.45) is 5.92 Å². The monoisotopic (exact) mass is 172 g/mol. The molecule has 1 rings (SSSR count). The number of hydrogen-bond acceptors (Lipinski definition) is 2. The Hall–Kier alpha value is -0.570. The molecular weight excluding hydrogens is 156 g/mol. The molecule has 1 N–H and O–H groups in total. The summed E-state index contributed by atoms with van der Waals surface area (Å²) in [5.41, 5.74) is 0. The Labute approximate surface area is 72.7 Å². The summed E-state index contributed by atoms with van der Waals surface area (Å²) in [6.07, 6.45) is 4.38. The van der Waals surface area contributed by atoms with Gasteiger partial charge in [-0.1, -0.05) is 0 Å². The van der Waals surface area contributed by atoms with Crippen LogP contribution in [-0.4, -0.2) is 24.3 Å². The van der Waals surface area contributed by atoms with Crippen molar-refractivity contribution in [2.45, 2.75) is 32.1 Å². The third-order valence-electron chi connectivity index (χ3n) is 2.34. The Kier molecular flexibility index (Phi) is 4.08. The number of hydrogen-bond donors (Lipinski definition) is 1. The molecule has 0 aromatic heterocycles. The van der Waals surface area contributed by atoms with E-state index in [9.17, 15) is 4.79 Å². The van der Waals surface area contributed by atoms with Gasteiger partial charge in [-0.3, -0.25) is 4.79 Å². The van der Waals surface area contributed by atoms with Gasteiger partial charge in [-0.25, -0.2) is 0 Å². The number of rotatable bonds is 3. The molecular formula is C9H16O3. The van der Waals surface area contributed by atoms with E-state index in [1.165, 1.54) is 0 Å². The molecule has 1 fully saturated rings. The molecule has 0 aliphatic carbocycles. The Morgan fingerprint density at radius 3 is 3.00 bits per heavy atom. The van der Waals surface area contributed by atoms with Crippen molar-refractivity contribution in [1.29, 1.82) is 0 Å². The number of carboxylic acids is 1. The number of aliphatic carboxylic acids is 1. The molecule has 1 heterocycles. The highest BCUT2D eigenvalue weighted by Crippen LogP contribution is 2.20. The second-order valence-electron chi connectivity index (χ2n) is 3.34. The second kappa shape index (κ2) is 5.14. The summed E-state index contributed by atoms with van der Waals surface area (Å²) in [7, 11) is 0. The van der Waals surface area contributed by atoms with Gasteiger partial charge in [-0.15, -0.1) is 0 Å². The van der Waals surface area contributed by atoms with E-state index in [0.29, 0.717) is 12.3 Å². The van der Waals surface area contributed by atoms with Crippen LogP contribution in [0.2, 0.25) is 0 Å². The molecule has 3 nitrogen and oxygen atoms in total. The van der Waals surface area contributed by atoms with Crippen LogP contribution in [0.3, 0.4) is 0 Å². The van der Waals surface area contributed by atoms with E-state index in [2.05, 4.69) is 0 Å². The van der Waals surface area contributed by atoms with Gasteiger partial charge in [0.15, 0.2) is 0 Å². The average Bonchev–Trinajstić information content (AvgIpc) is 2.28. The van der Waals surface area contributed by atoms with Gasteiger partial charge in [0.05, 0.1) is 0 Å². The molecule has 70 valence electrons. The average molecular weight is 172 g/mol. The summed E-state index contributed by atoms with van der Waals surface area (Å²) in [6.45, 7) is 1.66. The van der Waals surface area contributed by atoms with Crippen LogP contribution in [0.25, 0.3) is 0 Å². The molecule has 0 bridgehead atoms. The van der Waals surface area contributed by atoms with Gasteiger partial charge in [-0.2, -0.15) is 0 Å². The van der Waals surface area contributed by atoms with E-state index in [1.54, 1.807) is 0 Å². The lowest BCUT2D eigenvalue weighted by Crippen LogP contribution is -2.04. The number of carboxylic acid groups (broad SMARTS) is 1. The first-order valence-corrected chi connectivity index (χ1v) is 4.58. The van der Waals surface area contributed by atoms with Gasteiger partial charge < -0.3 is 9.84 Å². The quantitative estimate of drug-likeness (QED) is 0.704. The first-order chi connectivity index (χ1) is 5.79. The summed E-state index contributed by atoms with van der Waals surface area (Å²) < 4.78 is 5.28. The molecule has 0 spiro atoms. The van der Waals surface area contributed by atoms with Crippen molar-refractivity contribution >= 4 is 5.97 Å². The summed E-state index contributed by atoms with van der Waals surface area (Å²) in [5.74, 6) is -0.108. The molecule has 1 atom stereocenters. The van der Waals surface area contributed by atoms with Crippen molar-refractivity contribution < 1.29 is 14.6 Å². The molecule has 1 aliphatic heterocycles. The second-order valence-corrected chi connectivity index (χ2v) is 3.34. The highest BCUT2D eigenvalue weighted by atomic mass is 16.5. The standard InChI is InChI=1S/C9H16O3/c10-9(11)4-3-8-2-1-6-12-7-5-8/h8H,1-7H2,(H,10,11). The Morgan fingerprint density at radius 2 is 2.25 bits per heavy atom. The van der Waals surface area contributed by atoms with Gasteiger partial charge >= 0.3 is 5.97 Å². The van der Waals surface area contributed by atoms with Crippen molar-refractivity contribution in [3.05, 3.63) is 0 Å². The normalized spacial score (nSPS) is 24.8. The summed E-state index contributed by atoms with van der Waals surface area (Å²) in [6, 6.07) is 0. The SMILES string of the molecule is O=C(O)CCC1CCCOCC1. The minimum atomic E-state index is -0.680. The van der Waals surface area contributed by atoms with Crippen molar-refractivity contribution in [1.82, 2.24) is 0 Å². The van der Waals surface area contributed by atoms with Crippen molar-refractivity contribution in [2.75, 3.05) is 13.2 Å². The van der Waals surface area contributed by atoms with Crippen LogP contribution in [0.1, 0.15) is 32.1 Å². The van der Waals surface area contributed by atoms with E-state index < -0.39 is 5.97 Å². The lowest BCUT2D eigenvalue weighted by atomic mass is 9.95. The Balaban J connectivity index is 2.16. The van der Waals surface area contributed by atoms with Gasteiger partial charge in [0.1, 0.15) is 0 Å². The fourth-order valence-electron chi connectivity index (χ4n) is 1.59. The minimum absolute atomic E-state index is 0.310. The third kappa shape index (κ3) is 3.72. The van der Waals surface area contributed by atoms with Crippen LogP contribution in [0, 0.1) is 5.92 Å². The van der Waals surface area contributed by atoms with Crippen molar-refractivity contribution in [3.8, 4) is 0 Å². The molecule has 0 saturated carbocycles. The maximum Gasteiger partial charge on any atom is 0.303 e. The van der Waals surface area contributed by atoms with E-state index in [4.69, 9.17) is 9.84 Å². The van der Waals surface area contributed by atoms with Gasteiger partial charge in [0.25, 0.3) is 0 Å². The third-order valence-corrected chi connectivity index (χ3v) is 2.34. The van der Waals surface area contributed by atoms with E-state index >= 15 is 0 Å². The Morgan fingerprint density at radius 1 is 1.42 bits per heavy atom. The van der Waals surface area contributed by atoms with Crippen molar-refractivity contribution in [3.63, 3.8) is 0 Å².